The van der Waals surface area contributed by atoms with Crippen LogP contribution in [0.2, 0.25) is 0 Å². The van der Waals surface area contributed by atoms with Gasteiger partial charge in [-0.1, -0.05) is 0 Å². The third-order valence-corrected chi connectivity index (χ3v) is 11.3. The number of aromatic hydroxyl groups is 2. The number of carbonyl (C=O) groups is 2. The zero-order valence-electron chi connectivity index (χ0n) is 15.8. The van der Waals surface area contributed by atoms with E-state index in [9.17, 15) is 48.6 Å². The van der Waals surface area contributed by atoms with Crippen molar-refractivity contribution in [2.24, 2.45) is 0 Å². The molecule has 2 aromatic carbocycles. The summed E-state index contributed by atoms with van der Waals surface area (Å²) >= 11 is 0. The molecule has 0 spiro atoms. The molecule has 0 heterocycles. The maximum atomic E-state index is 12.9. The van der Waals surface area contributed by atoms with E-state index >= 15 is 0 Å². The Labute approximate surface area is 175 Å². The van der Waals surface area contributed by atoms with Crippen molar-refractivity contribution < 1.29 is 52.6 Å². The fourth-order valence-corrected chi connectivity index (χ4v) is 7.50. The molecule has 2 aromatic rings. The van der Waals surface area contributed by atoms with Gasteiger partial charge in [-0.15, -0.1) is 0 Å². The van der Waals surface area contributed by atoms with Crippen LogP contribution in [0.15, 0.2) is 35.2 Å². The van der Waals surface area contributed by atoms with E-state index in [1.165, 1.54) is 24.3 Å². The molecule has 0 bridgehead atoms. The molecule has 3 rings (SSSR count). The van der Waals surface area contributed by atoms with Crippen LogP contribution in [0.3, 0.4) is 0 Å². The topological polar surface area (TPSA) is 199 Å². The third-order valence-electron chi connectivity index (χ3n) is 5.14. The average molecular weight is 474 g/mol. The summed E-state index contributed by atoms with van der Waals surface area (Å²) in [6.07, 6.45) is -4.90. The van der Waals surface area contributed by atoms with Gasteiger partial charge in [0.1, 0.15) is 0 Å². The molecule has 0 radical (unpaired) electrons. The number of phenolic OH excluding ortho intramolecular Hbond substituents is 2. The van der Waals surface area contributed by atoms with E-state index in [1.54, 1.807) is 0 Å². The van der Waals surface area contributed by atoms with Gasteiger partial charge in [-0.25, -0.2) is 0 Å². The van der Waals surface area contributed by atoms with Crippen LogP contribution in [0, 0.1) is 0 Å². The summed E-state index contributed by atoms with van der Waals surface area (Å²) in [5, 5.41) is 59.1. The van der Waals surface area contributed by atoms with Gasteiger partial charge in [0.15, 0.2) is 0 Å². The Bertz CT molecular complexity index is 1180. The molecule has 13 heteroatoms. The summed E-state index contributed by atoms with van der Waals surface area (Å²) in [5.74, 6) is -4.13. The summed E-state index contributed by atoms with van der Waals surface area (Å²) in [5.41, 5.74) is -1.23. The van der Waals surface area contributed by atoms with E-state index < -0.39 is 81.4 Å². The van der Waals surface area contributed by atoms with E-state index in [0.29, 0.717) is 6.07 Å². The molecule has 1 aliphatic carbocycles. The van der Waals surface area contributed by atoms with E-state index in [1.807, 2.05) is 0 Å². The normalized spacial score (nSPS) is 15.2. The van der Waals surface area contributed by atoms with Crippen molar-refractivity contribution in [3.05, 3.63) is 52.6 Å². The Kier molecular flexibility index (Phi) is 5.70. The predicted octanol–water partition coefficient (Wildman–Crippen LogP) is -0.154. The first-order valence-corrected chi connectivity index (χ1v) is 13.0. The number of carbonyl (C=O) groups excluding carboxylic acids is 2. The number of aliphatic hydroxyl groups is 4. The Balaban J connectivity index is 2.24. The zero-order chi connectivity index (χ0) is 23.2. The van der Waals surface area contributed by atoms with E-state index in [4.69, 9.17) is 3.97 Å². The molecule has 0 aliphatic heterocycles. The molecule has 6 N–H and O–H groups in total. The van der Waals surface area contributed by atoms with Crippen LogP contribution in [-0.4, -0.2) is 76.0 Å². The van der Waals surface area contributed by atoms with Crippen LogP contribution in [-0.2, 0) is 14.1 Å². The number of benzene rings is 2. The van der Waals surface area contributed by atoms with Crippen molar-refractivity contribution in [2.75, 3.05) is 25.4 Å². The number of hydrogen-bond acceptors (Lipinski definition) is 11. The van der Waals surface area contributed by atoms with Crippen LogP contribution in [0.4, 0.5) is 0 Å². The minimum atomic E-state index is -5.19. The Morgan fingerprint density at radius 1 is 0.774 bits per heavy atom. The van der Waals surface area contributed by atoms with E-state index in [2.05, 4.69) is 0 Å². The van der Waals surface area contributed by atoms with Crippen molar-refractivity contribution in [3.63, 3.8) is 0 Å². The van der Waals surface area contributed by atoms with Crippen molar-refractivity contribution in [1.82, 2.24) is 0 Å². The molecule has 1 aliphatic rings. The molecule has 0 fully saturated rings. The van der Waals surface area contributed by atoms with Gasteiger partial charge in [-0.3, -0.25) is 0 Å². The van der Waals surface area contributed by atoms with Crippen LogP contribution in [0.25, 0.3) is 0 Å². The fourth-order valence-electron chi connectivity index (χ4n) is 3.07. The standard InChI is InChI=1S/C18H19O11PS/c19-6-30(7-20,8-21,9-22)29-31(27,28)13-5-12-14(18(26)17(13)25)16(24)11-4-2-1-3-10(11)15(12)23/h1-5,19-22,25-26H,6-9H2. The number of fused-ring (bicyclic) bond motifs is 2. The quantitative estimate of drug-likeness (QED) is 0.196. The molecule has 0 aromatic heterocycles. The van der Waals surface area contributed by atoms with E-state index in [-0.39, 0.29) is 11.1 Å². The van der Waals surface area contributed by atoms with Gasteiger partial charge in [0.05, 0.1) is 0 Å². The van der Waals surface area contributed by atoms with Crippen LogP contribution in [0.1, 0.15) is 31.8 Å². The molecular formula is C18H19O11PS. The van der Waals surface area contributed by atoms with Gasteiger partial charge in [0.25, 0.3) is 0 Å². The molecule has 0 saturated heterocycles. The van der Waals surface area contributed by atoms with E-state index in [0.717, 1.165) is 0 Å². The predicted molar refractivity (Wildman–Crippen MR) is 107 cm³/mol. The van der Waals surface area contributed by atoms with Crippen molar-refractivity contribution in [2.45, 2.75) is 4.90 Å². The number of aliphatic hydroxyl groups excluding tert-OH is 4. The number of phenols is 2. The third kappa shape index (κ3) is 3.33. The first-order chi connectivity index (χ1) is 14.5. The Hall–Kier alpha value is -2.44. The van der Waals surface area contributed by atoms with Gasteiger partial charge >= 0.3 is 176 Å². The van der Waals surface area contributed by atoms with Gasteiger partial charge in [-0.2, -0.15) is 0 Å². The maximum absolute atomic E-state index is 12.9. The molecule has 0 atom stereocenters. The van der Waals surface area contributed by atoms with Gasteiger partial charge in [0.2, 0.25) is 0 Å². The van der Waals surface area contributed by atoms with Crippen molar-refractivity contribution in [3.8, 4) is 11.5 Å². The molecule has 168 valence electrons. The van der Waals surface area contributed by atoms with Crippen molar-refractivity contribution in [1.29, 1.82) is 0 Å². The molecule has 0 amide bonds. The zero-order valence-corrected chi connectivity index (χ0v) is 17.5. The Morgan fingerprint density at radius 2 is 1.26 bits per heavy atom. The summed E-state index contributed by atoms with van der Waals surface area (Å²) in [6.45, 7) is -4.92. The van der Waals surface area contributed by atoms with Gasteiger partial charge in [0, 0.05) is 0 Å². The molecular weight excluding hydrogens is 455 g/mol. The molecule has 0 saturated carbocycles. The molecule has 31 heavy (non-hydrogen) atoms. The van der Waals surface area contributed by atoms with Gasteiger partial charge in [-0.05, 0) is 0 Å². The van der Waals surface area contributed by atoms with Crippen LogP contribution < -0.4 is 0 Å². The van der Waals surface area contributed by atoms with Crippen LogP contribution in [0.5, 0.6) is 11.5 Å². The minimum absolute atomic E-state index is 0.0485. The average Bonchev–Trinajstić information content (AvgIpc) is 2.78. The second kappa shape index (κ2) is 7.61. The summed E-state index contributed by atoms with van der Waals surface area (Å²) in [7, 11) is -5.19. The summed E-state index contributed by atoms with van der Waals surface area (Å²) in [6, 6.07) is 6.23. The monoisotopic (exact) mass is 474 g/mol. The number of ketones is 2. The fraction of sp³-hybridized carbons (Fsp3) is 0.222. The first kappa shape index (κ1) is 23.2. The molecule has 11 nitrogen and oxygen atoms in total. The molecule has 0 unspecified atom stereocenters. The Morgan fingerprint density at radius 3 is 1.74 bits per heavy atom. The van der Waals surface area contributed by atoms with Gasteiger partial charge < -0.3 is 0 Å². The first-order valence-electron chi connectivity index (χ1n) is 8.68. The number of rotatable bonds is 7. The summed E-state index contributed by atoms with van der Waals surface area (Å²) in [4.78, 5) is 24.4. The summed E-state index contributed by atoms with van der Waals surface area (Å²) < 4.78 is 30.6. The van der Waals surface area contributed by atoms with Crippen molar-refractivity contribution >= 4 is 28.5 Å². The van der Waals surface area contributed by atoms with Crippen LogP contribution >= 0.6 is 6.83 Å². The SMILES string of the molecule is O=C1c2ccccc2C(=O)c2c1cc(S(=O)(=O)OP(CO)(CO)(CO)CO)c(O)c2O. The number of hydrogen-bond donors (Lipinski definition) is 6. The second-order valence-corrected chi connectivity index (χ2v) is 13.9. The second-order valence-electron chi connectivity index (χ2n) is 7.15.